The van der Waals surface area contributed by atoms with Crippen molar-refractivity contribution >= 4 is 26.2 Å². The van der Waals surface area contributed by atoms with Crippen LogP contribution in [0.4, 0.5) is 9.18 Å². The Morgan fingerprint density at radius 1 is 1.02 bits per heavy atom. The first-order chi connectivity index (χ1) is 19.8. The molecule has 10 nitrogen and oxygen atoms in total. The molecule has 1 heterocycles. The van der Waals surface area contributed by atoms with Crippen LogP contribution in [0.5, 0.6) is 0 Å². The van der Waals surface area contributed by atoms with Crippen LogP contribution in [-0.4, -0.2) is 59.8 Å². The quantitative estimate of drug-likeness (QED) is 0.185. The van der Waals surface area contributed by atoms with Crippen molar-refractivity contribution in [3.05, 3.63) is 71.5 Å². The molecule has 0 aliphatic carbocycles. The van der Waals surface area contributed by atoms with Crippen molar-refractivity contribution in [3.8, 4) is 0 Å². The van der Waals surface area contributed by atoms with Crippen LogP contribution in [-0.2, 0) is 41.0 Å². The highest BCUT2D eigenvalue weighted by atomic mass is 31.1. The summed E-state index contributed by atoms with van der Waals surface area (Å²) in [6.45, 7) is 0.878. The zero-order valence-corrected chi connectivity index (χ0v) is 23.8. The molecule has 0 aromatic heterocycles. The minimum atomic E-state index is -2.62. The molecule has 222 valence electrons. The summed E-state index contributed by atoms with van der Waals surface area (Å²) in [5.41, 5.74) is 1.85. The predicted molar refractivity (Wildman–Crippen MR) is 149 cm³/mol. The van der Waals surface area contributed by atoms with Gasteiger partial charge in [0.25, 0.3) is 5.91 Å². The van der Waals surface area contributed by atoms with Gasteiger partial charge in [-0.25, -0.2) is 14.0 Å². The van der Waals surface area contributed by atoms with Crippen LogP contribution in [0.1, 0.15) is 56.1 Å². The number of carbonyl (C=O) groups excluding carboxylic acids is 2. The summed E-state index contributed by atoms with van der Waals surface area (Å²) in [5.74, 6) is -1.92. The molecule has 2 amide bonds. The van der Waals surface area contributed by atoms with Crippen LogP contribution < -0.4 is 5.32 Å². The zero-order chi connectivity index (χ0) is 29.5. The molecule has 0 bridgehead atoms. The van der Waals surface area contributed by atoms with E-state index >= 15 is 0 Å². The standard InChI is InChI=1S/C29H36FN2O8P/c30-24-16-14-22(15-17-24)9-5-7-20-39-41(37)40-26(27(33)32-19-8-12-25(32)28(34)35)13-4-6-18-31-29(36)38-21-23-10-2-1-3-11-23/h1-3,10-11,14-17,25-26H,4-9,12-13,18-21H2,(H-,31,34,35,36)/p+1/t25-,26-/m0/s1. The first-order valence-corrected chi connectivity index (χ1v) is 14.9. The number of benzene rings is 2. The number of hydrogen-bond acceptors (Lipinski definition) is 7. The molecule has 1 fully saturated rings. The van der Waals surface area contributed by atoms with Crippen molar-refractivity contribution in [2.45, 2.75) is 70.1 Å². The van der Waals surface area contributed by atoms with E-state index in [-0.39, 0.29) is 32.0 Å². The van der Waals surface area contributed by atoms with Gasteiger partial charge in [-0.15, -0.1) is 9.05 Å². The molecule has 3 rings (SSSR count). The first-order valence-electron chi connectivity index (χ1n) is 13.8. The molecule has 1 unspecified atom stereocenters. The van der Waals surface area contributed by atoms with Gasteiger partial charge in [0.15, 0.2) is 6.10 Å². The van der Waals surface area contributed by atoms with Gasteiger partial charge in [-0.05, 0) is 74.6 Å². The Morgan fingerprint density at radius 3 is 2.51 bits per heavy atom. The number of halogens is 1. The smallest absolute Gasteiger partial charge is 0.480 e. The van der Waals surface area contributed by atoms with Crippen LogP contribution in [0, 0.1) is 5.82 Å². The number of carboxylic acid groups (broad SMARTS) is 1. The van der Waals surface area contributed by atoms with Gasteiger partial charge in [0.05, 0.1) is 0 Å². The summed E-state index contributed by atoms with van der Waals surface area (Å²) >= 11 is 0. The van der Waals surface area contributed by atoms with Gasteiger partial charge in [0.2, 0.25) is 0 Å². The SMILES string of the molecule is O=C(NCCCC[C@H](O[P+](=O)OCCCCc1ccc(F)cc1)C(=O)N1CCC[C@H]1C(=O)O)OCc1ccccc1. The summed E-state index contributed by atoms with van der Waals surface area (Å²) in [7, 11) is -2.62. The summed E-state index contributed by atoms with van der Waals surface area (Å²) < 4.78 is 41.5. The second-order valence-corrected chi connectivity index (χ2v) is 10.7. The molecule has 1 aliphatic rings. The Labute approximate surface area is 240 Å². The lowest BCUT2D eigenvalue weighted by Crippen LogP contribution is -2.45. The second kappa shape index (κ2) is 17.4. The normalized spacial score (nSPS) is 15.8. The zero-order valence-electron chi connectivity index (χ0n) is 22.9. The lowest BCUT2D eigenvalue weighted by Gasteiger charge is -2.24. The highest BCUT2D eigenvalue weighted by molar-refractivity contribution is 7.33. The molecule has 12 heteroatoms. The van der Waals surface area contributed by atoms with Crippen molar-refractivity contribution in [2.75, 3.05) is 19.7 Å². The monoisotopic (exact) mass is 591 g/mol. The second-order valence-electron chi connectivity index (χ2n) is 9.75. The third kappa shape index (κ3) is 11.5. The molecular weight excluding hydrogens is 554 g/mol. The van der Waals surface area contributed by atoms with Gasteiger partial charge in [-0.2, -0.15) is 0 Å². The molecule has 1 aliphatic heterocycles. The third-order valence-corrected chi connectivity index (χ3v) is 7.47. The van der Waals surface area contributed by atoms with E-state index in [1.165, 1.54) is 17.0 Å². The Morgan fingerprint density at radius 2 is 1.78 bits per heavy atom. The lowest BCUT2D eigenvalue weighted by atomic mass is 10.1. The predicted octanol–water partition coefficient (Wildman–Crippen LogP) is 5.38. The van der Waals surface area contributed by atoms with Gasteiger partial charge in [-0.1, -0.05) is 42.5 Å². The molecule has 0 radical (unpaired) electrons. The van der Waals surface area contributed by atoms with Gasteiger partial charge in [-0.3, -0.25) is 4.79 Å². The van der Waals surface area contributed by atoms with E-state index in [0.29, 0.717) is 45.1 Å². The molecule has 41 heavy (non-hydrogen) atoms. The highest BCUT2D eigenvalue weighted by Crippen LogP contribution is 2.31. The third-order valence-electron chi connectivity index (χ3n) is 6.65. The van der Waals surface area contributed by atoms with E-state index in [4.69, 9.17) is 13.8 Å². The largest absolute Gasteiger partial charge is 0.698 e. The van der Waals surface area contributed by atoms with E-state index in [0.717, 1.165) is 17.5 Å². The summed E-state index contributed by atoms with van der Waals surface area (Å²) in [5, 5.41) is 12.1. The number of aryl methyl sites for hydroxylation is 1. The van der Waals surface area contributed by atoms with Crippen molar-refractivity contribution in [3.63, 3.8) is 0 Å². The summed E-state index contributed by atoms with van der Waals surface area (Å²) in [4.78, 5) is 38.0. The molecule has 3 atom stereocenters. The summed E-state index contributed by atoms with van der Waals surface area (Å²) in [6.07, 6.45) is 2.35. The maximum Gasteiger partial charge on any atom is 0.698 e. The number of nitrogens with zero attached hydrogens (tertiary/aromatic N) is 1. The molecule has 2 aromatic carbocycles. The van der Waals surface area contributed by atoms with Crippen molar-refractivity contribution < 1.29 is 42.2 Å². The molecule has 2 N–H and O–H groups in total. The minimum absolute atomic E-state index is 0.147. The Hall–Kier alpha value is -3.40. The minimum Gasteiger partial charge on any atom is -0.480 e. The fourth-order valence-corrected chi connectivity index (χ4v) is 5.21. The molecule has 0 spiro atoms. The van der Waals surface area contributed by atoms with Gasteiger partial charge in [0, 0.05) is 17.7 Å². The number of likely N-dealkylation sites (tertiary alicyclic amines) is 1. The van der Waals surface area contributed by atoms with Crippen molar-refractivity contribution in [1.29, 1.82) is 0 Å². The van der Waals surface area contributed by atoms with E-state index in [1.807, 2.05) is 30.3 Å². The van der Waals surface area contributed by atoms with Gasteiger partial charge < -0.3 is 20.1 Å². The van der Waals surface area contributed by atoms with Gasteiger partial charge >= 0.3 is 20.3 Å². The number of nitrogens with one attached hydrogen (secondary N) is 1. The first kappa shape index (κ1) is 32.1. The fraction of sp³-hybridized carbons (Fsp3) is 0.483. The number of alkyl carbamates (subject to hydrolysis) is 1. The van der Waals surface area contributed by atoms with Crippen LogP contribution in [0.25, 0.3) is 0 Å². The van der Waals surface area contributed by atoms with Gasteiger partial charge in [0.1, 0.15) is 25.1 Å². The number of carbonyl (C=O) groups is 3. The fourth-order valence-electron chi connectivity index (χ4n) is 4.47. The maximum absolute atomic E-state index is 13.2. The van der Waals surface area contributed by atoms with E-state index < -0.39 is 38.4 Å². The van der Waals surface area contributed by atoms with Crippen molar-refractivity contribution in [2.24, 2.45) is 0 Å². The number of rotatable bonds is 17. The van der Waals surface area contributed by atoms with E-state index in [1.54, 1.807) is 12.1 Å². The summed E-state index contributed by atoms with van der Waals surface area (Å²) in [6, 6.07) is 14.6. The van der Waals surface area contributed by atoms with Crippen LogP contribution in [0.2, 0.25) is 0 Å². The van der Waals surface area contributed by atoms with E-state index in [9.17, 15) is 28.4 Å². The molecular formula is C29H37FN2O8P+. The number of amides is 2. The molecule has 0 saturated carbocycles. The maximum atomic E-state index is 13.2. The highest BCUT2D eigenvalue weighted by Gasteiger charge is 2.41. The molecule has 1 saturated heterocycles. The number of unbranched alkanes of at least 4 members (excludes halogenated alkanes) is 2. The lowest BCUT2D eigenvalue weighted by molar-refractivity contribution is -0.151. The Balaban J connectivity index is 1.41. The van der Waals surface area contributed by atoms with Crippen LogP contribution >= 0.6 is 8.25 Å². The average molecular weight is 592 g/mol. The van der Waals surface area contributed by atoms with Crippen LogP contribution in [0.3, 0.4) is 0 Å². The van der Waals surface area contributed by atoms with E-state index in [2.05, 4.69) is 5.32 Å². The topological polar surface area (TPSA) is 131 Å². The average Bonchev–Trinajstić information content (AvgIpc) is 3.47. The van der Waals surface area contributed by atoms with Crippen molar-refractivity contribution in [1.82, 2.24) is 10.2 Å². The number of ether oxygens (including phenoxy) is 1. The molecule has 2 aromatic rings. The number of hydrogen-bond donors (Lipinski definition) is 2. The number of aliphatic carboxylic acids is 1. The number of carboxylic acids is 1. The Kier molecular flexibility index (Phi) is 13.6. The Bertz CT molecular complexity index is 1140. The van der Waals surface area contributed by atoms with Crippen LogP contribution in [0.15, 0.2) is 54.6 Å².